The Morgan fingerprint density at radius 2 is 1.47 bits per heavy atom. The molecule has 0 N–H and O–H groups in total. The van der Waals surface area contributed by atoms with E-state index in [0.29, 0.717) is 0 Å². The lowest BCUT2D eigenvalue weighted by Crippen LogP contribution is -2.30. The van der Waals surface area contributed by atoms with E-state index in [1.54, 1.807) is 0 Å². The molecule has 2 aliphatic heterocycles. The number of hydrogen-bond acceptors (Lipinski definition) is 5. The van der Waals surface area contributed by atoms with Crippen LogP contribution in [0.3, 0.4) is 0 Å². The van der Waals surface area contributed by atoms with Crippen molar-refractivity contribution in [3.8, 4) is 0 Å². The highest BCUT2D eigenvalue weighted by Gasteiger charge is 2.46. The van der Waals surface area contributed by atoms with Crippen molar-refractivity contribution in [2.24, 2.45) is 0 Å². The minimum Gasteiger partial charge on any atom is -0.447 e. The predicted octanol–water partition coefficient (Wildman–Crippen LogP) is 1.39. The first-order valence-electron chi connectivity index (χ1n) is 4.23. The van der Waals surface area contributed by atoms with E-state index in [2.05, 4.69) is 25.0 Å². The van der Waals surface area contributed by atoms with Crippen molar-refractivity contribution < 1.29 is 23.6 Å². The Labute approximate surface area is 93.5 Å². The Bertz CT molecular complexity index is 331. The summed E-state index contributed by atoms with van der Waals surface area (Å²) in [4.78, 5) is 22.4. The molecule has 0 radical (unpaired) electrons. The average Bonchev–Trinajstić information content (AvgIpc) is 2.73. The topological polar surface area (TPSA) is 76.2 Å². The molecule has 0 aromatic carbocycles. The van der Waals surface area contributed by atoms with Crippen LogP contribution in [0.4, 0.5) is 9.59 Å². The van der Waals surface area contributed by atoms with Crippen LogP contribution in [0.2, 0.25) is 0 Å². The Hall–Kier alpha value is -0.750. The maximum absolute atomic E-state index is 12.2. The van der Waals surface area contributed by atoms with Crippen LogP contribution in [0.15, 0.2) is 0 Å². The van der Waals surface area contributed by atoms with E-state index in [1.165, 1.54) is 0 Å². The number of cyclic esters (lactones) is 2. The molecule has 0 spiro atoms. The molecule has 2 rings (SSSR count). The summed E-state index contributed by atoms with van der Waals surface area (Å²) in [5, 5.41) is 0. The second-order valence-corrected chi connectivity index (χ2v) is 7.63. The number of amides is 2. The van der Waals surface area contributed by atoms with Crippen LogP contribution in [0, 0.1) is 0 Å². The highest BCUT2D eigenvalue weighted by Crippen LogP contribution is 2.62. The Morgan fingerprint density at radius 3 is 1.73 bits per heavy atom. The zero-order chi connectivity index (χ0) is 11.1. The molecule has 7 nitrogen and oxygen atoms in total. The fourth-order valence-electron chi connectivity index (χ4n) is 1.35. The third-order valence-corrected chi connectivity index (χ3v) is 6.29. The first kappa shape index (κ1) is 10.8. The van der Waals surface area contributed by atoms with Crippen LogP contribution in [-0.2, 0) is 14.0 Å². The number of hydrogen-bond donors (Lipinski definition) is 0. The number of rotatable bonds is 2. The van der Waals surface area contributed by atoms with Gasteiger partial charge in [0.1, 0.15) is 13.2 Å². The molecule has 2 saturated heterocycles. The Balaban J connectivity index is 2.22. The van der Waals surface area contributed by atoms with Gasteiger partial charge in [0, 0.05) is 15.5 Å². The molecule has 2 amide bonds. The molecule has 0 atom stereocenters. The minimum atomic E-state index is -3.37. The average molecular weight is 299 g/mol. The van der Waals surface area contributed by atoms with Crippen molar-refractivity contribution in [3.63, 3.8) is 0 Å². The zero-order valence-corrected chi connectivity index (χ0v) is 10.1. The van der Waals surface area contributed by atoms with Crippen LogP contribution in [-0.4, -0.2) is 47.8 Å². The summed E-state index contributed by atoms with van der Waals surface area (Å²) in [5.74, 6) is 0. The molecule has 0 aliphatic carbocycles. The van der Waals surface area contributed by atoms with Gasteiger partial charge >= 0.3 is 18.3 Å². The lowest BCUT2D eigenvalue weighted by atomic mass is 10.7. The number of carbonyl (C=O) groups is 2. The third kappa shape index (κ3) is 1.72. The van der Waals surface area contributed by atoms with Crippen molar-refractivity contribution in [1.29, 1.82) is 0 Å². The molecule has 0 unspecified atom stereocenters. The minimum absolute atomic E-state index is 0.178. The zero-order valence-electron chi connectivity index (χ0n) is 7.59. The van der Waals surface area contributed by atoms with Gasteiger partial charge in [-0.3, -0.25) is 4.57 Å². The quantitative estimate of drug-likeness (QED) is 0.720. The molecule has 9 heteroatoms. The van der Waals surface area contributed by atoms with Crippen molar-refractivity contribution in [2.75, 3.05) is 26.3 Å². The molecule has 2 fully saturated rings. The third-order valence-electron chi connectivity index (χ3n) is 2.07. The monoisotopic (exact) mass is 298 g/mol. The van der Waals surface area contributed by atoms with Gasteiger partial charge in [0.05, 0.1) is 13.1 Å². The van der Waals surface area contributed by atoms with Crippen molar-refractivity contribution >= 4 is 33.8 Å². The summed E-state index contributed by atoms with van der Waals surface area (Å²) < 4.78 is 23.5. The molecule has 0 bridgehead atoms. The lowest BCUT2D eigenvalue weighted by Gasteiger charge is -2.26. The first-order chi connectivity index (χ1) is 7.03. The van der Waals surface area contributed by atoms with E-state index in [-0.39, 0.29) is 26.3 Å². The summed E-state index contributed by atoms with van der Waals surface area (Å²) in [6.45, 7) is 0.755. The van der Waals surface area contributed by atoms with Gasteiger partial charge in [-0.1, -0.05) is 0 Å². The predicted molar refractivity (Wildman–Crippen MR) is 52.6 cm³/mol. The van der Waals surface area contributed by atoms with Gasteiger partial charge in [-0.2, -0.15) is 0 Å². The van der Waals surface area contributed by atoms with E-state index < -0.39 is 18.3 Å². The maximum atomic E-state index is 12.2. The number of nitrogens with zero attached hydrogens (tertiary/aromatic N) is 2. The fourth-order valence-corrected chi connectivity index (χ4v) is 4.51. The smallest absolute Gasteiger partial charge is 0.417 e. The van der Waals surface area contributed by atoms with Crippen molar-refractivity contribution in [1.82, 2.24) is 9.34 Å². The standard InChI is InChI=1S/C6H8BrN2O5P/c7-15(12,8-1-3-13-5(8)10)9-2-4-14-6(9)11/h1-4H2. The summed E-state index contributed by atoms with van der Waals surface area (Å²) in [5.41, 5.74) is 0. The van der Waals surface area contributed by atoms with Crippen molar-refractivity contribution in [3.05, 3.63) is 0 Å². The Kier molecular flexibility index (Phi) is 2.64. The van der Waals surface area contributed by atoms with E-state index >= 15 is 0 Å². The molecule has 0 aromatic heterocycles. The second-order valence-electron chi connectivity index (χ2n) is 2.95. The van der Waals surface area contributed by atoms with Gasteiger partial charge < -0.3 is 9.47 Å². The summed E-state index contributed by atoms with van der Waals surface area (Å²) >= 11 is 2.92. The van der Waals surface area contributed by atoms with Crippen molar-refractivity contribution in [2.45, 2.75) is 0 Å². The summed E-state index contributed by atoms with van der Waals surface area (Å²) in [6.07, 6.45) is -4.74. The first-order valence-corrected chi connectivity index (χ1v) is 7.86. The van der Waals surface area contributed by atoms with Gasteiger partial charge in [0.2, 0.25) is 0 Å². The van der Waals surface area contributed by atoms with Crippen LogP contribution in [0.5, 0.6) is 0 Å². The molecular weight excluding hydrogens is 291 g/mol. The van der Waals surface area contributed by atoms with Crippen LogP contribution in [0.1, 0.15) is 0 Å². The highest BCUT2D eigenvalue weighted by atomic mass is 79.9. The second kappa shape index (κ2) is 3.68. The summed E-state index contributed by atoms with van der Waals surface area (Å²) in [7, 11) is 0. The van der Waals surface area contributed by atoms with Crippen LogP contribution < -0.4 is 0 Å². The number of carbonyl (C=O) groups excluding carboxylic acids is 2. The summed E-state index contributed by atoms with van der Waals surface area (Å²) in [6, 6.07) is 0. The van der Waals surface area contributed by atoms with E-state index in [1.807, 2.05) is 0 Å². The molecular formula is C6H8BrN2O5P. The normalized spacial score (nSPS) is 21.9. The van der Waals surface area contributed by atoms with Crippen LogP contribution in [0.25, 0.3) is 0 Å². The van der Waals surface area contributed by atoms with Gasteiger partial charge in [-0.05, 0) is 0 Å². The molecule has 2 aliphatic rings. The molecule has 15 heavy (non-hydrogen) atoms. The fraction of sp³-hybridized carbons (Fsp3) is 0.667. The number of ether oxygens (including phenoxy) is 2. The van der Waals surface area contributed by atoms with Gasteiger partial charge in [0.25, 0.3) is 0 Å². The van der Waals surface area contributed by atoms with E-state index in [0.717, 1.165) is 9.34 Å². The lowest BCUT2D eigenvalue weighted by molar-refractivity contribution is 0.166. The molecule has 0 aromatic rings. The van der Waals surface area contributed by atoms with Gasteiger partial charge in [0.15, 0.2) is 0 Å². The SMILES string of the molecule is O=C1OCCN1P(=O)(Br)N1CCOC1=O. The maximum Gasteiger partial charge on any atom is 0.417 e. The van der Waals surface area contributed by atoms with E-state index in [4.69, 9.17) is 0 Å². The Morgan fingerprint density at radius 1 is 1.07 bits per heavy atom. The number of halogens is 1. The van der Waals surface area contributed by atoms with Gasteiger partial charge in [-0.25, -0.2) is 18.9 Å². The highest BCUT2D eigenvalue weighted by molar-refractivity contribution is 9.40. The molecule has 84 valence electrons. The van der Waals surface area contributed by atoms with E-state index in [9.17, 15) is 14.2 Å². The molecule has 0 saturated carbocycles. The molecule has 2 heterocycles. The largest absolute Gasteiger partial charge is 0.447 e. The van der Waals surface area contributed by atoms with Crippen LogP contribution >= 0.6 is 21.6 Å². The van der Waals surface area contributed by atoms with Gasteiger partial charge in [-0.15, -0.1) is 0 Å².